The molecule has 1 heterocycles. The SMILES string of the molecule is CCc1ccc(-n2c3ccccc3c3ccccc32)cc1. The van der Waals surface area contributed by atoms with E-state index in [1.165, 1.54) is 33.1 Å². The van der Waals surface area contributed by atoms with Crippen LogP contribution in [-0.2, 0) is 6.42 Å². The first-order valence-electron chi connectivity index (χ1n) is 7.46. The number of fused-ring (bicyclic) bond motifs is 3. The minimum Gasteiger partial charge on any atom is -0.309 e. The minimum absolute atomic E-state index is 1.08. The quantitative estimate of drug-likeness (QED) is 0.463. The van der Waals surface area contributed by atoms with Crippen molar-refractivity contribution in [3.63, 3.8) is 0 Å². The molecule has 0 unspecified atom stereocenters. The number of aromatic nitrogens is 1. The average Bonchev–Trinajstić information content (AvgIpc) is 2.90. The summed E-state index contributed by atoms with van der Waals surface area (Å²) >= 11 is 0. The van der Waals surface area contributed by atoms with Crippen molar-refractivity contribution in [2.45, 2.75) is 13.3 Å². The Morgan fingerprint density at radius 3 is 1.71 bits per heavy atom. The molecule has 0 fully saturated rings. The fourth-order valence-electron chi connectivity index (χ4n) is 3.08. The topological polar surface area (TPSA) is 4.93 Å². The Labute approximate surface area is 124 Å². The fraction of sp³-hybridized carbons (Fsp3) is 0.100. The number of hydrogen-bond acceptors (Lipinski definition) is 0. The molecular weight excluding hydrogens is 254 g/mol. The van der Waals surface area contributed by atoms with Gasteiger partial charge in [0.1, 0.15) is 0 Å². The Balaban J connectivity index is 2.09. The molecule has 0 bridgehead atoms. The molecule has 0 aliphatic rings. The highest BCUT2D eigenvalue weighted by Gasteiger charge is 2.10. The van der Waals surface area contributed by atoms with Crippen molar-refractivity contribution in [2.75, 3.05) is 0 Å². The van der Waals surface area contributed by atoms with Crippen molar-refractivity contribution in [3.8, 4) is 5.69 Å². The van der Waals surface area contributed by atoms with Crippen LogP contribution < -0.4 is 0 Å². The summed E-state index contributed by atoms with van der Waals surface area (Å²) in [5.74, 6) is 0. The van der Waals surface area contributed by atoms with Gasteiger partial charge >= 0.3 is 0 Å². The van der Waals surface area contributed by atoms with Gasteiger partial charge in [-0.25, -0.2) is 0 Å². The third kappa shape index (κ3) is 1.85. The number of benzene rings is 3. The van der Waals surface area contributed by atoms with E-state index < -0.39 is 0 Å². The first-order chi connectivity index (χ1) is 10.4. The summed E-state index contributed by atoms with van der Waals surface area (Å²) in [6.07, 6.45) is 1.08. The molecule has 0 N–H and O–H groups in total. The first kappa shape index (κ1) is 12.2. The first-order valence-corrected chi connectivity index (χ1v) is 7.46. The van der Waals surface area contributed by atoms with Gasteiger partial charge in [0, 0.05) is 16.5 Å². The van der Waals surface area contributed by atoms with Crippen LogP contribution in [-0.4, -0.2) is 4.57 Å². The van der Waals surface area contributed by atoms with Gasteiger partial charge in [0.2, 0.25) is 0 Å². The molecular formula is C20H17N. The van der Waals surface area contributed by atoms with Gasteiger partial charge < -0.3 is 4.57 Å². The van der Waals surface area contributed by atoms with E-state index >= 15 is 0 Å². The molecule has 0 aliphatic heterocycles. The molecule has 4 aromatic rings. The highest BCUT2D eigenvalue weighted by Crippen LogP contribution is 2.31. The van der Waals surface area contributed by atoms with Crippen LogP contribution in [0.5, 0.6) is 0 Å². The maximum Gasteiger partial charge on any atom is 0.0541 e. The Bertz CT molecular complexity index is 860. The number of hydrogen-bond donors (Lipinski definition) is 0. The van der Waals surface area contributed by atoms with E-state index in [9.17, 15) is 0 Å². The molecule has 0 radical (unpaired) electrons. The standard InChI is InChI=1S/C20H17N/c1-2-15-11-13-16(14-12-15)21-19-9-5-3-7-17(19)18-8-4-6-10-20(18)21/h3-14H,2H2,1H3. The summed E-state index contributed by atoms with van der Waals surface area (Å²) in [5.41, 5.74) is 5.13. The lowest BCUT2D eigenvalue weighted by Crippen LogP contribution is -1.93. The number of para-hydroxylation sites is 2. The van der Waals surface area contributed by atoms with E-state index in [0.717, 1.165) is 6.42 Å². The molecule has 3 aromatic carbocycles. The zero-order chi connectivity index (χ0) is 14.2. The average molecular weight is 271 g/mol. The molecule has 1 heteroatoms. The van der Waals surface area contributed by atoms with Crippen molar-refractivity contribution in [1.82, 2.24) is 4.57 Å². The molecule has 0 atom stereocenters. The lowest BCUT2D eigenvalue weighted by atomic mass is 10.1. The third-order valence-corrected chi connectivity index (χ3v) is 4.18. The Hall–Kier alpha value is -2.54. The second-order valence-electron chi connectivity index (χ2n) is 5.39. The van der Waals surface area contributed by atoms with Crippen LogP contribution in [0.15, 0.2) is 72.8 Å². The molecule has 0 amide bonds. The van der Waals surface area contributed by atoms with E-state index in [-0.39, 0.29) is 0 Å². The van der Waals surface area contributed by atoms with Gasteiger partial charge in [-0.2, -0.15) is 0 Å². The van der Waals surface area contributed by atoms with Gasteiger partial charge in [0.15, 0.2) is 0 Å². The van der Waals surface area contributed by atoms with Crippen LogP contribution in [0.4, 0.5) is 0 Å². The van der Waals surface area contributed by atoms with Crippen LogP contribution in [0.2, 0.25) is 0 Å². The predicted octanol–water partition coefficient (Wildman–Crippen LogP) is 5.35. The zero-order valence-corrected chi connectivity index (χ0v) is 12.1. The summed E-state index contributed by atoms with van der Waals surface area (Å²) in [6, 6.07) is 26.1. The largest absolute Gasteiger partial charge is 0.309 e. The highest BCUT2D eigenvalue weighted by atomic mass is 15.0. The summed E-state index contributed by atoms with van der Waals surface area (Å²) < 4.78 is 2.35. The molecule has 1 nitrogen and oxygen atoms in total. The van der Waals surface area contributed by atoms with Gasteiger partial charge in [-0.1, -0.05) is 55.5 Å². The Morgan fingerprint density at radius 1 is 0.667 bits per heavy atom. The Kier molecular flexibility index (Phi) is 2.78. The molecule has 4 rings (SSSR count). The lowest BCUT2D eigenvalue weighted by Gasteiger charge is -2.08. The van der Waals surface area contributed by atoms with Gasteiger partial charge in [-0.3, -0.25) is 0 Å². The molecule has 0 saturated carbocycles. The second kappa shape index (κ2) is 4.78. The van der Waals surface area contributed by atoms with Crippen molar-refractivity contribution >= 4 is 21.8 Å². The van der Waals surface area contributed by atoms with Gasteiger partial charge in [0.05, 0.1) is 11.0 Å². The molecule has 21 heavy (non-hydrogen) atoms. The van der Waals surface area contributed by atoms with Crippen LogP contribution >= 0.6 is 0 Å². The van der Waals surface area contributed by atoms with Crippen molar-refractivity contribution in [2.24, 2.45) is 0 Å². The number of aryl methyl sites for hydroxylation is 1. The van der Waals surface area contributed by atoms with Crippen LogP contribution in [0, 0.1) is 0 Å². The lowest BCUT2D eigenvalue weighted by molar-refractivity contribution is 1.12. The van der Waals surface area contributed by atoms with Gasteiger partial charge in [0.25, 0.3) is 0 Å². The smallest absolute Gasteiger partial charge is 0.0541 e. The molecule has 0 saturated heterocycles. The van der Waals surface area contributed by atoms with E-state index in [4.69, 9.17) is 0 Å². The molecule has 0 aliphatic carbocycles. The monoisotopic (exact) mass is 271 g/mol. The molecule has 102 valence electrons. The summed E-state index contributed by atoms with van der Waals surface area (Å²) in [6.45, 7) is 2.19. The highest BCUT2D eigenvalue weighted by molar-refractivity contribution is 6.09. The minimum atomic E-state index is 1.08. The van der Waals surface area contributed by atoms with E-state index in [2.05, 4.69) is 84.3 Å². The van der Waals surface area contributed by atoms with Crippen molar-refractivity contribution in [3.05, 3.63) is 78.4 Å². The maximum atomic E-state index is 2.35. The van der Waals surface area contributed by atoms with Crippen LogP contribution in [0.1, 0.15) is 12.5 Å². The van der Waals surface area contributed by atoms with Crippen LogP contribution in [0.3, 0.4) is 0 Å². The van der Waals surface area contributed by atoms with E-state index in [0.29, 0.717) is 0 Å². The van der Waals surface area contributed by atoms with E-state index in [1.54, 1.807) is 0 Å². The summed E-state index contributed by atoms with van der Waals surface area (Å²) in [5, 5.41) is 2.63. The zero-order valence-electron chi connectivity index (χ0n) is 12.1. The third-order valence-electron chi connectivity index (χ3n) is 4.18. The fourth-order valence-corrected chi connectivity index (χ4v) is 3.08. The predicted molar refractivity (Wildman–Crippen MR) is 90.2 cm³/mol. The molecule has 1 aromatic heterocycles. The summed E-state index contributed by atoms with van der Waals surface area (Å²) in [4.78, 5) is 0. The summed E-state index contributed by atoms with van der Waals surface area (Å²) in [7, 11) is 0. The number of nitrogens with zero attached hydrogens (tertiary/aromatic N) is 1. The van der Waals surface area contributed by atoms with Crippen molar-refractivity contribution in [1.29, 1.82) is 0 Å². The Morgan fingerprint density at radius 2 is 1.19 bits per heavy atom. The van der Waals surface area contributed by atoms with Crippen molar-refractivity contribution < 1.29 is 0 Å². The van der Waals surface area contributed by atoms with Gasteiger partial charge in [-0.05, 0) is 36.2 Å². The normalized spacial score (nSPS) is 11.3. The van der Waals surface area contributed by atoms with E-state index in [1.807, 2.05) is 0 Å². The maximum absolute atomic E-state index is 2.35. The van der Waals surface area contributed by atoms with Gasteiger partial charge in [-0.15, -0.1) is 0 Å². The number of rotatable bonds is 2. The van der Waals surface area contributed by atoms with Crippen LogP contribution in [0.25, 0.3) is 27.5 Å². The second-order valence-corrected chi connectivity index (χ2v) is 5.39. The molecule has 0 spiro atoms.